The Morgan fingerprint density at radius 1 is 1.12 bits per heavy atom. The van der Waals surface area contributed by atoms with Crippen LogP contribution in [0.15, 0.2) is 33.4 Å². The number of rotatable bonds is 2. The largest absolute Gasteiger partial charge is 0.384 e. The first kappa shape index (κ1) is 12.4. The second-order valence-electron chi connectivity index (χ2n) is 3.28. The van der Waals surface area contributed by atoms with E-state index >= 15 is 0 Å². The molecular weight excluding hydrogens is 331 g/mol. The smallest absolute Gasteiger partial charge is 0.106 e. The first-order valence-electron chi connectivity index (χ1n) is 4.43. The molecular formula is C11H7BrCl2OS. The van der Waals surface area contributed by atoms with E-state index in [0.29, 0.717) is 15.6 Å². The van der Waals surface area contributed by atoms with Gasteiger partial charge >= 0.3 is 0 Å². The van der Waals surface area contributed by atoms with E-state index in [2.05, 4.69) is 15.9 Å². The van der Waals surface area contributed by atoms with Crippen molar-refractivity contribution in [1.82, 2.24) is 0 Å². The van der Waals surface area contributed by atoms with E-state index in [1.165, 1.54) is 11.3 Å². The standard InChI is InChI=1S/C11H7BrCl2OS/c12-10-5-16-4-9(10)11(15)6-1-7(13)3-8(14)2-6/h1-5,11,15H. The molecule has 2 rings (SSSR count). The average molecular weight is 338 g/mol. The predicted octanol–water partition coefficient (Wildman–Crippen LogP) is 4.90. The van der Waals surface area contributed by atoms with E-state index in [1.807, 2.05) is 10.8 Å². The minimum absolute atomic E-state index is 0.521. The van der Waals surface area contributed by atoms with Gasteiger partial charge in [-0.3, -0.25) is 0 Å². The Morgan fingerprint density at radius 3 is 2.25 bits per heavy atom. The Kier molecular flexibility index (Phi) is 3.93. The highest BCUT2D eigenvalue weighted by atomic mass is 79.9. The van der Waals surface area contributed by atoms with E-state index in [9.17, 15) is 5.11 Å². The molecule has 16 heavy (non-hydrogen) atoms. The van der Waals surface area contributed by atoms with Crippen LogP contribution in [0.3, 0.4) is 0 Å². The molecule has 0 aliphatic heterocycles. The lowest BCUT2D eigenvalue weighted by molar-refractivity contribution is 0.220. The van der Waals surface area contributed by atoms with Gasteiger partial charge in [-0.2, -0.15) is 11.3 Å². The fourth-order valence-corrected chi connectivity index (χ4v) is 3.47. The van der Waals surface area contributed by atoms with Crippen LogP contribution in [0.1, 0.15) is 17.2 Å². The van der Waals surface area contributed by atoms with Crippen LogP contribution in [-0.4, -0.2) is 5.11 Å². The summed E-state index contributed by atoms with van der Waals surface area (Å²) in [5.74, 6) is 0. The van der Waals surface area contributed by atoms with Gasteiger partial charge in [-0.1, -0.05) is 23.2 Å². The minimum atomic E-state index is -0.711. The number of halogens is 3. The molecule has 84 valence electrons. The number of aliphatic hydroxyl groups is 1. The average Bonchev–Trinajstić information content (AvgIpc) is 2.62. The summed E-state index contributed by atoms with van der Waals surface area (Å²) in [4.78, 5) is 0. The summed E-state index contributed by atoms with van der Waals surface area (Å²) in [6.45, 7) is 0. The fourth-order valence-electron chi connectivity index (χ4n) is 1.40. The van der Waals surface area contributed by atoms with Gasteiger partial charge in [0.15, 0.2) is 0 Å². The van der Waals surface area contributed by atoms with Crippen molar-refractivity contribution in [1.29, 1.82) is 0 Å². The SMILES string of the molecule is OC(c1cc(Cl)cc(Cl)c1)c1cscc1Br. The second kappa shape index (κ2) is 5.07. The zero-order valence-electron chi connectivity index (χ0n) is 7.95. The predicted molar refractivity (Wildman–Crippen MR) is 72.5 cm³/mol. The molecule has 1 atom stereocenters. The number of hydrogen-bond acceptors (Lipinski definition) is 2. The third-order valence-corrected chi connectivity index (χ3v) is 4.33. The Hall–Kier alpha value is -0.0600. The maximum absolute atomic E-state index is 10.2. The van der Waals surface area contributed by atoms with Gasteiger partial charge in [0.05, 0.1) is 0 Å². The molecule has 1 N–H and O–H groups in total. The van der Waals surface area contributed by atoms with Crippen LogP contribution in [-0.2, 0) is 0 Å². The number of benzene rings is 1. The van der Waals surface area contributed by atoms with Crippen LogP contribution < -0.4 is 0 Å². The van der Waals surface area contributed by atoms with Crippen molar-refractivity contribution < 1.29 is 5.11 Å². The molecule has 1 aromatic heterocycles. The molecule has 0 aliphatic carbocycles. The van der Waals surface area contributed by atoms with Gasteiger partial charge in [0.25, 0.3) is 0 Å². The summed E-state index contributed by atoms with van der Waals surface area (Å²) < 4.78 is 0.890. The monoisotopic (exact) mass is 336 g/mol. The molecule has 1 unspecified atom stereocenters. The maximum Gasteiger partial charge on any atom is 0.106 e. The van der Waals surface area contributed by atoms with Crippen molar-refractivity contribution in [3.8, 4) is 0 Å². The molecule has 0 saturated carbocycles. The van der Waals surface area contributed by atoms with Gasteiger partial charge in [-0.05, 0) is 45.1 Å². The molecule has 5 heteroatoms. The first-order chi connectivity index (χ1) is 7.58. The minimum Gasteiger partial charge on any atom is -0.384 e. The lowest BCUT2D eigenvalue weighted by Gasteiger charge is -2.11. The van der Waals surface area contributed by atoms with Gasteiger partial charge in [0, 0.05) is 25.5 Å². The van der Waals surface area contributed by atoms with E-state index in [-0.39, 0.29) is 0 Å². The molecule has 0 saturated heterocycles. The zero-order chi connectivity index (χ0) is 11.7. The normalized spacial score (nSPS) is 12.8. The quantitative estimate of drug-likeness (QED) is 0.826. The van der Waals surface area contributed by atoms with Crippen molar-refractivity contribution >= 4 is 50.5 Å². The van der Waals surface area contributed by atoms with Gasteiger partial charge in [-0.25, -0.2) is 0 Å². The molecule has 0 bridgehead atoms. The van der Waals surface area contributed by atoms with E-state index in [0.717, 1.165) is 10.0 Å². The highest BCUT2D eigenvalue weighted by Crippen LogP contribution is 2.33. The molecule has 0 aliphatic rings. The highest BCUT2D eigenvalue weighted by Gasteiger charge is 2.15. The third-order valence-electron chi connectivity index (χ3n) is 2.14. The summed E-state index contributed by atoms with van der Waals surface area (Å²) in [5, 5.41) is 15.0. The third kappa shape index (κ3) is 2.60. The Morgan fingerprint density at radius 2 is 1.75 bits per heavy atom. The Balaban J connectivity index is 2.41. The molecule has 1 aromatic carbocycles. The summed E-state index contributed by atoms with van der Waals surface area (Å²) in [5.41, 5.74) is 1.51. The van der Waals surface area contributed by atoms with Crippen molar-refractivity contribution in [2.24, 2.45) is 0 Å². The topological polar surface area (TPSA) is 20.2 Å². The number of aliphatic hydroxyl groups excluding tert-OH is 1. The molecule has 2 aromatic rings. The van der Waals surface area contributed by atoms with Crippen LogP contribution in [0.2, 0.25) is 10.0 Å². The highest BCUT2D eigenvalue weighted by molar-refractivity contribution is 9.10. The Labute approximate surface area is 116 Å². The second-order valence-corrected chi connectivity index (χ2v) is 5.75. The van der Waals surface area contributed by atoms with E-state index in [4.69, 9.17) is 23.2 Å². The lowest BCUT2D eigenvalue weighted by atomic mass is 10.0. The van der Waals surface area contributed by atoms with E-state index in [1.54, 1.807) is 18.2 Å². The van der Waals surface area contributed by atoms with Gasteiger partial charge < -0.3 is 5.11 Å². The molecule has 0 amide bonds. The lowest BCUT2D eigenvalue weighted by Crippen LogP contribution is -1.98. The maximum atomic E-state index is 10.2. The summed E-state index contributed by atoms with van der Waals surface area (Å²) >= 11 is 16.7. The molecule has 0 spiro atoms. The molecule has 0 radical (unpaired) electrons. The van der Waals surface area contributed by atoms with Crippen molar-refractivity contribution in [3.05, 3.63) is 54.6 Å². The summed E-state index contributed by atoms with van der Waals surface area (Å²) in [6, 6.07) is 5.06. The first-order valence-corrected chi connectivity index (χ1v) is 6.93. The van der Waals surface area contributed by atoms with Gasteiger partial charge in [-0.15, -0.1) is 0 Å². The van der Waals surface area contributed by atoms with Gasteiger partial charge in [0.1, 0.15) is 6.10 Å². The van der Waals surface area contributed by atoms with Crippen molar-refractivity contribution in [2.75, 3.05) is 0 Å². The van der Waals surface area contributed by atoms with Crippen LogP contribution in [0.5, 0.6) is 0 Å². The number of thiophene rings is 1. The van der Waals surface area contributed by atoms with Crippen LogP contribution in [0.25, 0.3) is 0 Å². The number of hydrogen-bond donors (Lipinski definition) is 1. The van der Waals surface area contributed by atoms with Crippen LogP contribution >= 0.6 is 50.5 Å². The van der Waals surface area contributed by atoms with Crippen molar-refractivity contribution in [3.63, 3.8) is 0 Å². The van der Waals surface area contributed by atoms with Crippen LogP contribution in [0.4, 0.5) is 0 Å². The Bertz CT molecular complexity index is 492. The molecule has 1 heterocycles. The summed E-state index contributed by atoms with van der Waals surface area (Å²) in [7, 11) is 0. The van der Waals surface area contributed by atoms with Gasteiger partial charge in [0.2, 0.25) is 0 Å². The van der Waals surface area contributed by atoms with Crippen molar-refractivity contribution in [2.45, 2.75) is 6.10 Å². The molecule has 0 fully saturated rings. The van der Waals surface area contributed by atoms with E-state index < -0.39 is 6.10 Å². The molecule has 1 nitrogen and oxygen atoms in total. The van der Waals surface area contributed by atoms with Crippen LogP contribution in [0, 0.1) is 0 Å². The summed E-state index contributed by atoms with van der Waals surface area (Å²) in [6.07, 6.45) is -0.711. The zero-order valence-corrected chi connectivity index (χ0v) is 11.9. The fraction of sp³-hybridized carbons (Fsp3) is 0.0909.